The van der Waals surface area contributed by atoms with Crippen LogP contribution < -0.4 is 0 Å². The lowest BCUT2D eigenvalue weighted by atomic mass is 10.4. The zero-order chi connectivity index (χ0) is 12.5. The molecule has 0 bridgehead atoms. The van der Waals surface area contributed by atoms with Crippen LogP contribution in [0.1, 0.15) is 15.5 Å². The third-order valence-electron chi connectivity index (χ3n) is 2.34. The molecular weight excluding hydrogens is 268 g/mol. The third-order valence-corrected chi connectivity index (χ3v) is 4.22. The average molecular weight is 276 g/mol. The van der Waals surface area contributed by atoms with Gasteiger partial charge in [0, 0.05) is 6.20 Å². The van der Waals surface area contributed by atoms with E-state index >= 15 is 0 Å². The number of aryl methyl sites for hydroxylation is 1. The van der Waals surface area contributed by atoms with Crippen molar-refractivity contribution in [2.75, 3.05) is 0 Å². The minimum absolute atomic E-state index is 0.545. The van der Waals surface area contributed by atoms with E-state index in [0.717, 1.165) is 21.3 Å². The van der Waals surface area contributed by atoms with Crippen molar-refractivity contribution in [2.45, 2.75) is 16.3 Å². The van der Waals surface area contributed by atoms with E-state index in [0.29, 0.717) is 10.7 Å². The maximum Gasteiger partial charge on any atom is 0.180 e. The number of carbonyl (C=O) groups excluding carboxylic acids is 1. The number of imidazole rings is 1. The smallest absolute Gasteiger partial charge is 0.180 e. The van der Waals surface area contributed by atoms with Gasteiger partial charge in [-0.15, -0.1) is 10.2 Å². The average Bonchev–Trinajstić information content (AvgIpc) is 2.92. The summed E-state index contributed by atoms with van der Waals surface area (Å²) in [4.78, 5) is 15.6. The fourth-order valence-electron chi connectivity index (χ4n) is 1.58. The Bertz CT molecular complexity index is 719. The Kier molecular flexibility index (Phi) is 2.85. The molecule has 3 rings (SSSR count). The summed E-state index contributed by atoms with van der Waals surface area (Å²) in [6.07, 6.45) is 2.64. The maximum atomic E-state index is 11.2. The molecule has 0 fully saturated rings. The molecule has 0 saturated heterocycles. The van der Waals surface area contributed by atoms with E-state index in [4.69, 9.17) is 0 Å². The van der Waals surface area contributed by atoms with E-state index < -0.39 is 0 Å². The second-order valence-corrected chi connectivity index (χ2v) is 5.96. The summed E-state index contributed by atoms with van der Waals surface area (Å²) < 4.78 is 2.56. The van der Waals surface area contributed by atoms with Gasteiger partial charge in [-0.3, -0.25) is 9.20 Å². The van der Waals surface area contributed by atoms with Gasteiger partial charge in [0.15, 0.2) is 10.6 Å². The molecule has 0 radical (unpaired) electrons. The second-order valence-electron chi connectivity index (χ2n) is 3.54. The van der Waals surface area contributed by atoms with Gasteiger partial charge in [-0.05, 0) is 30.8 Å². The number of pyridine rings is 1. The van der Waals surface area contributed by atoms with Crippen molar-refractivity contribution in [3.8, 4) is 0 Å². The number of hydrogen-bond donors (Lipinski definition) is 0. The van der Waals surface area contributed by atoms with E-state index in [2.05, 4.69) is 15.2 Å². The highest BCUT2D eigenvalue weighted by Gasteiger charge is 2.14. The molecule has 3 aromatic rings. The molecule has 18 heavy (non-hydrogen) atoms. The summed E-state index contributed by atoms with van der Waals surface area (Å²) in [6.45, 7) is 1.89. The van der Waals surface area contributed by atoms with Crippen LogP contribution >= 0.6 is 23.1 Å². The van der Waals surface area contributed by atoms with E-state index in [1.807, 2.05) is 31.3 Å². The summed E-state index contributed by atoms with van der Waals surface area (Å²) in [7, 11) is 0. The summed E-state index contributed by atoms with van der Waals surface area (Å²) in [5.74, 6) is 0. The minimum atomic E-state index is 0.545. The Balaban J connectivity index is 2.08. The van der Waals surface area contributed by atoms with Crippen LogP contribution in [0.5, 0.6) is 0 Å². The summed E-state index contributed by atoms with van der Waals surface area (Å²) in [5, 5.41) is 9.53. The SMILES string of the molecule is Cc1nnc(Sc2nc3ccccn3c2C=O)s1. The number of aldehydes is 1. The molecule has 0 spiro atoms. The van der Waals surface area contributed by atoms with E-state index in [1.54, 1.807) is 4.40 Å². The first kappa shape index (κ1) is 11.4. The molecule has 90 valence electrons. The monoisotopic (exact) mass is 276 g/mol. The molecule has 7 heteroatoms. The molecule has 0 aliphatic carbocycles. The number of hydrogen-bond acceptors (Lipinski definition) is 6. The third kappa shape index (κ3) is 1.91. The zero-order valence-electron chi connectivity index (χ0n) is 9.40. The summed E-state index contributed by atoms with van der Waals surface area (Å²) in [5.41, 5.74) is 1.30. The highest BCUT2D eigenvalue weighted by atomic mass is 32.2. The van der Waals surface area contributed by atoms with Gasteiger partial charge in [0.1, 0.15) is 21.4 Å². The van der Waals surface area contributed by atoms with Gasteiger partial charge in [-0.1, -0.05) is 17.4 Å². The Morgan fingerprint density at radius 1 is 1.39 bits per heavy atom. The van der Waals surface area contributed by atoms with Crippen molar-refractivity contribution in [2.24, 2.45) is 0 Å². The first-order valence-corrected chi connectivity index (χ1v) is 6.81. The zero-order valence-corrected chi connectivity index (χ0v) is 11.0. The van der Waals surface area contributed by atoms with Crippen molar-refractivity contribution in [3.05, 3.63) is 35.1 Å². The van der Waals surface area contributed by atoms with Crippen LogP contribution in [-0.4, -0.2) is 25.9 Å². The van der Waals surface area contributed by atoms with E-state index in [9.17, 15) is 4.79 Å². The minimum Gasteiger partial charge on any atom is -0.296 e. The van der Waals surface area contributed by atoms with Gasteiger partial charge in [-0.25, -0.2) is 4.98 Å². The van der Waals surface area contributed by atoms with Crippen LogP contribution in [0.15, 0.2) is 33.8 Å². The van der Waals surface area contributed by atoms with Crippen molar-refractivity contribution in [1.29, 1.82) is 0 Å². The normalized spacial score (nSPS) is 10.9. The van der Waals surface area contributed by atoms with Gasteiger partial charge in [0.25, 0.3) is 0 Å². The molecule has 0 atom stereocenters. The molecule has 0 N–H and O–H groups in total. The molecule has 3 aromatic heterocycles. The quantitative estimate of drug-likeness (QED) is 0.688. The van der Waals surface area contributed by atoms with Crippen molar-refractivity contribution in [1.82, 2.24) is 19.6 Å². The maximum absolute atomic E-state index is 11.2. The molecule has 5 nitrogen and oxygen atoms in total. The number of aromatic nitrogens is 4. The number of rotatable bonds is 3. The molecule has 0 aromatic carbocycles. The molecule has 0 aliphatic heterocycles. The van der Waals surface area contributed by atoms with Crippen LogP contribution in [0.3, 0.4) is 0 Å². The van der Waals surface area contributed by atoms with Gasteiger partial charge >= 0.3 is 0 Å². The van der Waals surface area contributed by atoms with Gasteiger partial charge in [0.2, 0.25) is 0 Å². The second kappa shape index (κ2) is 4.51. The lowest BCUT2D eigenvalue weighted by Crippen LogP contribution is -1.90. The highest BCUT2D eigenvalue weighted by Crippen LogP contribution is 2.31. The fraction of sp³-hybridized carbons (Fsp3) is 0.0909. The number of fused-ring (bicyclic) bond motifs is 1. The van der Waals surface area contributed by atoms with E-state index in [-0.39, 0.29) is 0 Å². The molecule has 3 heterocycles. The Morgan fingerprint density at radius 2 is 2.28 bits per heavy atom. The lowest BCUT2D eigenvalue weighted by Gasteiger charge is -1.94. The standard InChI is InChI=1S/C11H8N4OS2/c1-7-13-14-11(17-7)18-10-8(6-16)15-5-3-2-4-9(15)12-10/h2-6H,1H3. The molecule has 0 amide bonds. The van der Waals surface area contributed by atoms with Crippen molar-refractivity contribution < 1.29 is 4.79 Å². The van der Waals surface area contributed by atoms with Gasteiger partial charge in [0.05, 0.1) is 0 Å². The van der Waals surface area contributed by atoms with Crippen LogP contribution in [0.2, 0.25) is 0 Å². The van der Waals surface area contributed by atoms with Gasteiger partial charge < -0.3 is 0 Å². The number of carbonyl (C=O) groups is 1. The predicted octanol–water partition coefficient (Wildman–Crippen LogP) is 2.46. The Morgan fingerprint density at radius 3 is 3.00 bits per heavy atom. The Labute approximate surface area is 111 Å². The molecule has 0 saturated carbocycles. The van der Waals surface area contributed by atoms with Crippen LogP contribution in [0, 0.1) is 6.92 Å². The summed E-state index contributed by atoms with van der Waals surface area (Å²) >= 11 is 2.85. The topological polar surface area (TPSA) is 60.1 Å². The fourth-order valence-corrected chi connectivity index (χ4v) is 3.40. The summed E-state index contributed by atoms with van der Waals surface area (Å²) in [6, 6.07) is 5.62. The molecular formula is C11H8N4OS2. The molecule has 0 unspecified atom stereocenters. The van der Waals surface area contributed by atoms with E-state index in [1.165, 1.54) is 23.1 Å². The first-order chi connectivity index (χ1) is 8.78. The largest absolute Gasteiger partial charge is 0.296 e. The predicted molar refractivity (Wildman–Crippen MR) is 69.3 cm³/mol. The van der Waals surface area contributed by atoms with Crippen LogP contribution in [0.25, 0.3) is 5.65 Å². The van der Waals surface area contributed by atoms with Crippen LogP contribution in [-0.2, 0) is 0 Å². The van der Waals surface area contributed by atoms with Gasteiger partial charge in [-0.2, -0.15) is 0 Å². The van der Waals surface area contributed by atoms with Crippen molar-refractivity contribution in [3.63, 3.8) is 0 Å². The Hall–Kier alpha value is -1.73. The molecule has 0 aliphatic rings. The lowest BCUT2D eigenvalue weighted by molar-refractivity contribution is 0.111. The van der Waals surface area contributed by atoms with Crippen molar-refractivity contribution >= 4 is 35.0 Å². The van der Waals surface area contributed by atoms with Crippen LogP contribution in [0.4, 0.5) is 0 Å². The first-order valence-electron chi connectivity index (χ1n) is 5.18. The highest BCUT2D eigenvalue weighted by molar-refractivity contribution is 8.01. The number of nitrogens with zero attached hydrogens (tertiary/aromatic N) is 4.